The van der Waals surface area contributed by atoms with Gasteiger partial charge in [0.2, 0.25) is 0 Å². The first-order chi connectivity index (χ1) is 8.35. The van der Waals surface area contributed by atoms with Crippen LogP contribution in [0.1, 0.15) is 26.7 Å². The summed E-state index contributed by atoms with van der Waals surface area (Å²) >= 11 is 1.79. The first-order valence-electron chi connectivity index (χ1n) is 6.24. The molecule has 1 N–H and O–H groups in total. The quantitative estimate of drug-likeness (QED) is 0.780. The third-order valence-electron chi connectivity index (χ3n) is 3.06. The van der Waals surface area contributed by atoms with Crippen molar-refractivity contribution in [2.24, 2.45) is 0 Å². The van der Waals surface area contributed by atoms with Crippen molar-refractivity contribution in [2.45, 2.75) is 32.7 Å². The van der Waals surface area contributed by atoms with Crippen LogP contribution in [0.5, 0.6) is 0 Å². The molecule has 0 spiro atoms. The van der Waals surface area contributed by atoms with Crippen LogP contribution < -0.4 is 5.32 Å². The van der Waals surface area contributed by atoms with Crippen molar-refractivity contribution in [1.29, 1.82) is 0 Å². The zero-order valence-electron chi connectivity index (χ0n) is 10.4. The Labute approximate surface area is 108 Å². The van der Waals surface area contributed by atoms with Crippen molar-refractivity contribution in [3.8, 4) is 10.4 Å². The van der Waals surface area contributed by atoms with Gasteiger partial charge in [0.1, 0.15) is 0 Å². The van der Waals surface area contributed by atoms with E-state index in [1.54, 1.807) is 11.3 Å². The van der Waals surface area contributed by atoms with Gasteiger partial charge < -0.3 is 5.32 Å². The van der Waals surface area contributed by atoms with E-state index in [0.717, 1.165) is 12.8 Å². The molecule has 0 bridgehead atoms. The van der Waals surface area contributed by atoms with Gasteiger partial charge >= 0.3 is 0 Å². The zero-order chi connectivity index (χ0) is 12.1. The number of hydrogen-bond acceptors (Lipinski definition) is 2. The number of hydrogen-bond donors (Lipinski definition) is 1. The van der Waals surface area contributed by atoms with Crippen LogP contribution in [0.25, 0.3) is 10.4 Å². The van der Waals surface area contributed by atoms with Crippen molar-refractivity contribution < 1.29 is 0 Å². The van der Waals surface area contributed by atoms with E-state index in [1.165, 1.54) is 16.1 Å². The second-order valence-electron chi connectivity index (χ2n) is 4.18. The highest BCUT2D eigenvalue weighted by Crippen LogP contribution is 2.31. The van der Waals surface area contributed by atoms with Gasteiger partial charge in [-0.05, 0) is 30.4 Å². The average molecular weight is 245 g/mol. The van der Waals surface area contributed by atoms with Gasteiger partial charge in [0, 0.05) is 22.2 Å². The van der Waals surface area contributed by atoms with Gasteiger partial charge in [-0.15, -0.1) is 11.3 Å². The SMILES string of the molecule is CCC(CC)Nc1ccccc1-c1cccs1. The molecule has 0 aliphatic rings. The molecule has 2 rings (SSSR count). The predicted octanol–water partition coefficient (Wildman–Crippen LogP) is 5.02. The van der Waals surface area contributed by atoms with Gasteiger partial charge in [-0.2, -0.15) is 0 Å². The van der Waals surface area contributed by atoms with Gasteiger partial charge in [-0.25, -0.2) is 0 Å². The second kappa shape index (κ2) is 5.87. The maximum atomic E-state index is 3.64. The predicted molar refractivity (Wildman–Crippen MR) is 77.7 cm³/mol. The standard InChI is InChI=1S/C15H19NS/c1-3-12(4-2)16-14-9-6-5-8-13(14)15-10-7-11-17-15/h5-12,16H,3-4H2,1-2H3. The Balaban J connectivity index is 2.28. The minimum atomic E-state index is 0.566. The summed E-state index contributed by atoms with van der Waals surface area (Å²) in [6.45, 7) is 4.46. The van der Waals surface area contributed by atoms with Crippen LogP contribution >= 0.6 is 11.3 Å². The molecule has 1 heterocycles. The summed E-state index contributed by atoms with van der Waals surface area (Å²) in [7, 11) is 0. The molecular formula is C15H19NS. The largest absolute Gasteiger partial charge is 0.382 e. The topological polar surface area (TPSA) is 12.0 Å². The minimum absolute atomic E-state index is 0.566. The van der Waals surface area contributed by atoms with Crippen LogP contribution in [-0.4, -0.2) is 6.04 Å². The average Bonchev–Trinajstić information content (AvgIpc) is 2.90. The minimum Gasteiger partial charge on any atom is -0.382 e. The summed E-state index contributed by atoms with van der Waals surface area (Å²) < 4.78 is 0. The van der Waals surface area contributed by atoms with Crippen molar-refractivity contribution in [3.63, 3.8) is 0 Å². The van der Waals surface area contributed by atoms with E-state index in [4.69, 9.17) is 0 Å². The van der Waals surface area contributed by atoms with Gasteiger partial charge in [-0.1, -0.05) is 38.1 Å². The molecule has 0 saturated carbocycles. The van der Waals surface area contributed by atoms with Crippen molar-refractivity contribution in [1.82, 2.24) is 0 Å². The summed E-state index contributed by atoms with van der Waals surface area (Å²) in [6, 6.07) is 13.4. The first-order valence-corrected chi connectivity index (χ1v) is 7.12. The summed E-state index contributed by atoms with van der Waals surface area (Å²) in [5.41, 5.74) is 2.57. The van der Waals surface area contributed by atoms with Gasteiger partial charge in [0.05, 0.1) is 0 Å². The monoisotopic (exact) mass is 245 g/mol. The summed E-state index contributed by atoms with van der Waals surface area (Å²) in [5, 5.41) is 5.77. The fraction of sp³-hybridized carbons (Fsp3) is 0.333. The Morgan fingerprint density at radius 3 is 2.47 bits per heavy atom. The van der Waals surface area contributed by atoms with E-state index in [1.807, 2.05) is 0 Å². The number of nitrogens with one attached hydrogen (secondary N) is 1. The molecule has 2 aromatic rings. The molecule has 0 unspecified atom stereocenters. The van der Waals surface area contributed by atoms with E-state index in [-0.39, 0.29) is 0 Å². The van der Waals surface area contributed by atoms with Crippen molar-refractivity contribution in [2.75, 3.05) is 5.32 Å². The smallest absolute Gasteiger partial charge is 0.0430 e. The Bertz CT molecular complexity index is 444. The normalized spacial score (nSPS) is 10.8. The molecule has 0 aliphatic heterocycles. The summed E-state index contributed by atoms with van der Waals surface area (Å²) in [4.78, 5) is 1.33. The third kappa shape index (κ3) is 2.89. The van der Waals surface area contributed by atoms with E-state index in [9.17, 15) is 0 Å². The van der Waals surface area contributed by atoms with Gasteiger partial charge in [-0.3, -0.25) is 0 Å². The highest BCUT2D eigenvalue weighted by Gasteiger charge is 2.08. The van der Waals surface area contributed by atoms with Gasteiger partial charge in [0.25, 0.3) is 0 Å². The Kier molecular flexibility index (Phi) is 4.21. The lowest BCUT2D eigenvalue weighted by Gasteiger charge is -2.18. The van der Waals surface area contributed by atoms with E-state index in [0.29, 0.717) is 6.04 Å². The van der Waals surface area contributed by atoms with Crippen LogP contribution in [-0.2, 0) is 0 Å². The number of anilines is 1. The van der Waals surface area contributed by atoms with Crippen LogP contribution in [0.4, 0.5) is 5.69 Å². The Morgan fingerprint density at radius 1 is 1.06 bits per heavy atom. The number of thiophene rings is 1. The molecule has 0 atom stereocenters. The number of para-hydroxylation sites is 1. The lowest BCUT2D eigenvalue weighted by atomic mass is 10.1. The van der Waals surface area contributed by atoms with Crippen LogP contribution in [0.15, 0.2) is 41.8 Å². The summed E-state index contributed by atoms with van der Waals surface area (Å²) in [5.74, 6) is 0. The van der Waals surface area contributed by atoms with Crippen LogP contribution in [0, 0.1) is 0 Å². The number of rotatable bonds is 5. The molecule has 0 radical (unpaired) electrons. The molecule has 17 heavy (non-hydrogen) atoms. The van der Waals surface area contributed by atoms with E-state index in [2.05, 4.69) is 60.9 Å². The van der Waals surface area contributed by atoms with Crippen LogP contribution in [0.2, 0.25) is 0 Å². The molecule has 1 aromatic carbocycles. The highest BCUT2D eigenvalue weighted by molar-refractivity contribution is 7.13. The molecule has 90 valence electrons. The highest BCUT2D eigenvalue weighted by atomic mass is 32.1. The molecule has 2 heteroatoms. The summed E-state index contributed by atoms with van der Waals surface area (Å²) in [6.07, 6.45) is 2.32. The first kappa shape index (κ1) is 12.2. The zero-order valence-corrected chi connectivity index (χ0v) is 11.3. The molecule has 1 nitrogen and oxygen atoms in total. The molecule has 0 fully saturated rings. The lowest BCUT2D eigenvalue weighted by molar-refractivity contribution is 0.672. The molecule has 1 aromatic heterocycles. The Morgan fingerprint density at radius 2 is 1.82 bits per heavy atom. The molecular weight excluding hydrogens is 226 g/mol. The molecule has 0 amide bonds. The number of benzene rings is 1. The second-order valence-corrected chi connectivity index (χ2v) is 5.13. The molecule has 0 aliphatic carbocycles. The van der Waals surface area contributed by atoms with E-state index >= 15 is 0 Å². The van der Waals surface area contributed by atoms with E-state index < -0.39 is 0 Å². The maximum absolute atomic E-state index is 3.64. The van der Waals surface area contributed by atoms with Gasteiger partial charge in [0.15, 0.2) is 0 Å². The molecule has 0 saturated heterocycles. The van der Waals surface area contributed by atoms with Crippen molar-refractivity contribution >= 4 is 17.0 Å². The fourth-order valence-corrected chi connectivity index (χ4v) is 2.73. The maximum Gasteiger partial charge on any atom is 0.0430 e. The van der Waals surface area contributed by atoms with Crippen molar-refractivity contribution in [3.05, 3.63) is 41.8 Å². The lowest BCUT2D eigenvalue weighted by Crippen LogP contribution is -2.17. The third-order valence-corrected chi connectivity index (χ3v) is 3.96. The van der Waals surface area contributed by atoms with Crippen LogP contribution in [0.3, 0.4) is 0 Å². The Hall–Kier alpha value is -1.28. The fourth-order valence-electron chi connectivity index (χ4n) is 1.97.